The molecule has 0 aromatic carbocycles. The van der Waals surface area contributed by atoms with Crippen molar-refractivity contribution in [3.63, 3.8) is 0 Å². The molecule has 0 aliphatic carbocycles. The summed E-state index contributed by atoms with van der Waals surface area (Å²) in [4.78, 5) is 37.1. The Labute approximate surface area is 143 Å². The third-order valence-corrected chi connectivity index (χ3v) is 5.14. The molecule has 0 N–H and O–H groups in total. The Morgan fingerprint density at radius 3 is 2.68 bits per heavy atom. The van der Waals surface area contributed by atoms with Gasteiger partial charge in [0.1, 0.15) is 6.61 Å². The maximum absolute atomic E-state index is 13.0. The summed E-state index contributed by atoms with van der Waals surface area (Å²) in [6.45, 7) is 4.14. The Morgan fingerprint density at radius 1 is 1.32 bits per heavy atom. The Bertz CT molecular complexity index is 821. The SMILES string of the molecule is CC[C@]1(OC(C)=O)C(=O)OCc2c1cc1n(c2=O)CCC12OCCO2. The molecule has 1 spiro atoms. The summed E-state index contributed by atoms with van der Waals surface area (Å²) in [5.41, 5.74) is -0.606. The first-order valence-electron chi connectivity index (χ1n) is 8.36. The maximum atomic E-state index is 13.0. The summed E-state index contributed by atoms with van der Waals surface area (Å²) in [6.07, 6.45) is 0.683. The molecule has 1 fully saturated rings. The number of carbonyl (C=O) groups is 2. The number of ether oxygens (including phenoxy) is 4. The van der Waals surface area contributed by atoms with Crippen molar-refractivity contribution >= 4 is 11.9 Å². The average Bonchev–Trinajstić information content (AvgIpc) is 3.19. The summed E-state index contributed by atoms with van der Waals surface area (Å²) in [5, 5.41) is 0. The molecular formula is C17H19NO7. The van der Waals surface area contributed by atoms with Gasteiger partial charge in [0.15, 0.2) is 0 Å². The Kier molecular flexibility index (Phi) is 3.52. The van der Waals surface area contributed by atoms with Crippen molar-refractivity contribution in [3.05, 3.63) is 33.2 Å². The second-order valence-corrected chi connectivity index (χ2v) is 6.43. The number of fused-ring (bicyclic) bond motifs is 3. The van der Waals surface area contributed by atoms with Crippen molar-refractivity contribution in [3.8, 4) is 0 Å². The summed E-state index contributed by atoms with van der Waals surface area (Å²) in [7, 11) is 0. The highest BCUT2D eigenvalue weighted by Crippen LogP contribution is 2.43. The van der Waals surface area contributed by atoms with Gasteiger partial charge in [-0.3, -0.25) is 9.59 Å². The molecule has 4 heterocycles. The van der Waals surface area contributed by atoms with Gasteiger partial charge in [-0.05, 0) is 12.5 Å². The van der Waals surface area contributed by atoms with Crippen LogP contribution in [0.3, 0.4) is 0 Å². The van der Waals surface area contributed by atoms with E-state index in [0.717, 1.165) is 0 Å². The number of cyclic esters (lactones) is 1. The molecule has 4 rings (SSSR count). The zero-order valence-electron chi connectivity index (χ0n) is 14.1. The molecule has 3 aliphatic rings. The maximum Gasteiger partial charge on any atom is 0.355 e. The van der Waals surface area contributed by atoms with Gasteiger partial charge in [-0.25, -0.2) is 4.79 Å². The summed E-state index contributed by atoms with van der Waals surface area (Å²) >= 11 is 0. The molecule has 134 valence electrons. The van der Waals surface area contributed by atoms with E-state index in [1.54, 1.807) is 17.6 Å². The molecule has 0 radical (unpaired) electrons. The molecule has 1 saturated heterocycles. The zero-order chi connectivity index (χ0) is 17.8. The fraction of sp³-hybridized carbons (Fsp3) is 0.588. The predicted molar refractivity (Wildman–Crippen MR) is 82.4 cm³/mol. The van der Waals surface area contributed by atoms with Gasteiger partial charge in [0.05, 0.1) is 24.5 Å². The Hall–Kier alpha value is -2.19. The number of rotatable bonds is 2. The van der Waals surface area contributed by atoms with Crippen LogP contribution >= 0.6 is 0 Å². The van der Waals surface area contributed by atoms with Gasteiger partial charge in [0.2, 0.25) is 11.4 Å². The summed E-state index contributed by atoms with van der Waals surface area (Å²) < 4.78 is 23.7. The highest BCUT2D eigenvalue weighted by atomic mass is 16.7. The number of pyridine rings is 1. The molecule has 0 bridgehead atoms. The molecular weight excluding hydrogens is 330 g/mol. The lowest BCUT2D eigenvalue weighted by molar-refractivity contribution is -0.188. The third kappa shape index (κ3) is 2.10. The van der Waals surface area contributed by atoms with Crippen molar-refractivity contribution in [1.29, 1.82) is 0 Å². The quantitative estimate of drug-likeness (QED) is 0.725. The fourth-order valence-electron chi connectivity index (χ4n) is 3.97. The molecule has 1 aromatic heterocycles. The Balaban J connectivity index is 1.97. The molecule has 8 nitrogen and oxygen atoms in total. The summed E-state index contributed by atoms with van der Waals surface area (Å²) in [6, 6.07) is 1.71. The van der Waals surface area contributed by atoms with Gasteiger partial charge in [-0.15, -0.1) is 0 Å². The van der Waals surface area contributed by atoms with Crippen LogP contribution in [0.5, 0.6) is 0 Å². The van der Waals surface area contributed by atoms with E-state index in [2.05, 4.69) is 0 Å². The van der Waals surface area contributed by atoms with Gasteiger partial charge in [0, 0.05) is 25.5 Å². The van der Waals surface area contributed by atoms with Crippen LogP contribution in [0.4, 0.5) is 0 Å². The summed E-state index contributed by atoms with van der Waals surface area (Å²) in [5.74, 6) is -2.25. The first-order chi connectivity index (χ1) is 11.9. The van der Waals surface area contributed by atoms with Gasteiger partial charge in [-0.2, -0.15) is 0 Å². The topological polar surface area (TPSA) is 93.1 Å². The fourth-order valence-corrected chi connectivity index (χ4v) is 3.97. The normalized spacial score (nSPS) is 26.2. The van der Waals surface area contributed by atoms with Crippen molar-refractivity contribution in [2.75, 3.05) is 13.2 Å². The number of hydrogen-bond acceptors (Lipinski definition) is 7. The zero-order valence-corrected chi connectivity index (χ0v) is 14.1. The first kappa shape index (κ1) is 16.3. The minimum atomic E-state index is -1.61. The molecule has 0 amide bonds. The first-order valence-corrected chi connectivity index (χ1v) is 8.36. The van der Waals surface area contributed by atoms with E-state index in [0.29, 0.717) is 43.0 Å². The standard InChI is InChI=1S/C17H19NO7/c1-3-16(25-10(2)19)12-8-13-17(23-6-7-24-17)4-5-18(13)14(20)11(12)9-22-15(16)21/h8H,3-7,9H2,1-2H3/t16-/m1/s1. The highest BCUT2D eigenvalue weighted by molar-refractivity contribution is 5.86. The largest absolute Gasteiger partial charge is 0.457 e. The lowest BCUT2D eigenvalue weighted by Crippen LogP contribution is -2.47. The molecule has 0 unspecified atom stereocenters. The number of aromatic nitrogens is 1. The van der Waals surface area contributed by atoms with Crippen molar-refractivity contribution in [2.24, 2.45) is 0 Å². The van der Waals surface area contributed by atoms with Crippen LogP contribution in [0, 0.1) is 0 Å². The number of nitrogens with zero attached hydrogens (tertiary/aromatic N) is 1. The number of esters is 2. The molecule has 0 saturated carbocycles. The third-order valence-electron chi connectivity index (χ3n) is 5.14. The lowest BCUT2D eigenvalue weighted by Gasteiger charge is -2.36. The van der Waals surface area contributed by atoms with E-state index >= 15 is 0 Å². The molecule has 8 heteroatoms. The van der Waals surface area contributed by atoms with Crippen LogP contribution in [0.2, 0.25) is 0 Å². The van der Waals surface area contributed by atoms with Crippen LogP contribution in [-0.4, -0.2) is 29.7 Å². The van der Waals surface area contributed by atoms with E-state index in [4.69, 9.17) is 18.9 Å². The van der Waals surface area contributed by atoms with Crippen LogP contribution in [0.15, 0.2) is 10.9 Å². The smallest absolute Gasteiger partial charge is 0.355 e. The van der Waals surface area contributed by atoms with Crippen molar-refractivity contribution in [1.82, 2.24) is 4.57 Å². The molecule has 25 heavy (non-hydrogen) atoms. The van der Waals surface area contributed by atoms with Gasteiger partial charge >= 0.3 is 11.9 Å². The van der Waals surface area contributed by atoms with E-state index in [1.165, 1.54) is 6.92 Å². The van der Waals surface area contributed by atoms with E-state index in [9.17, 15) is 14.4 Å². The monoisotopic (exact) mass is 349 g/mol. The molecule has 1 atom stereocenters. The molecule has 3 aliphatic heterocycles. The van der Waals surface area contributed by atoms with Crippen LogP contribution < -0.4 is 5.56 Å². The van der Waals surface area contributed by atoms with E-state index in [-0.39, 0.29) is 18.6 Å². The van der Waals surface area contributed by atoms with Crippen LogP contribution in [0.1, 0.15) is 43.5 Å². The van der Waals surface area contributed by atoms with Crippen LogP contribution in [-0.2, 0) is 53.1 Å². The minimum Gasteiger partial charge on any atom is -0.457 e. The van der Waals surface area contributed by atoms with E-state index < -0.39 is 23.3 Å². The predicted octanol–water partition coefficient (Wildman–Crippen LogP) is 0.677. The van der Waals surface area contributed by atoms with Crippen LogP contribution in [0.25, 0.3) is 0 Å². The number of carbonyl (C=O) groups excluding carboxylic acids is 2. The lowest BCUT2D eigenvalue weighted by atomic mass is 9.85. The van der Waals surface area contributed by atoms with Gasteiger partial charge < -0.3 is 23.5 Å². The van der Waals surface area contributed by atoms with Gasteiger partial charge in [0.25, 0.3) is 5.56 Å². The number of hydrogen-bond donors (Lipinski definition) is 0. The second-order valence-electron chi connectivity index (χ2n) is 6.43. The van der Waals surface area contributed by atoms with E-state index in [1.807, 2.05) is 0 Å². The van der Waals surface area contributed by atoms with Crippen molar-refractivity contribution in [2.45, 2.75) is 51.2 Å². The van der Waals surface area contributed by atoms with Gasteiger partial charge in [-0.1, -0.05) is 6.92 Å². The van der Waals surface area contributed by atoms with Crippen molar-refractivity contribution < 1.29 is 28.5 Å². The average molecular weight is 349 g/mol. The Morgan fingerprint density at radius 2 is 2.04 bits per heavy atom. The highest BCUT2D eigenvalue weighted by Gasteiger charge is 2.52. The molecule has 1 aromatic rings. The second kappa shape index (κ2) is 5.40. The minimum absolute atomic E-state index is 0.134.